The summed E-state index contributed by atoms with van der Waals surface area (Å²) in [6.45, 7) is 2.75. The molecule has 0 aromatic heterocycles. The zero-order valence-electron chi connectivity index (χ0n) is 23.2. The molecule has 42 heavy (non-hydrogen) atoms. The average molecular weight is 583 g/mol. The van der Waals surface area contributed by atoms with Gasteiger partial charge in [0.1, 0.15) is 11.8 Å². The summed E-state index contributed by atoms with van der Waals surface area (Å²) in [5, 5.41) is 12.3. The lowest BCUT2D eigenvalue weighted by Crippen LogP contribution is -2.52. The second-order valence-corrected chi connectivity index (χ2v) is 11.3. The van der Waals surface area contributed by atoms with Crippen LogP contribution in [0.1, 0.15) is 72.0 Å². The molecule has 0 radical (unpaired) electrons. The maximum Gasteiger partial charge on any atom is 0.573 e. The van der Waals surface area contributed by atoms with Crippen molar-refractivity contribution in [3.8, 4) is 11.8 Å². The number of halogens is 3. The summed E-state index contributed by atoms with van der Waals surface area (Å²) in [7, 11) is 0. The van der Waals surface area contributed by atoms with E-state index in [1.807, 2.05) is 12.1 Å². The number of amides is 3. The van der Waals surface area contributed by atoms with Gasteiger partial charge >= 0.3 is 6.36 Å². The predicted octanol–water partition coefficient (Wildman–Crippen LogP) is 4.62. The van der Waals surface area contributed by atoms with Crippen molar-refractivity contribution in [3.63, 3.8) is 0 Å². The number of nitrogens with zero attached hydrogens (tertiary/aromatic N) is 3. The predicted molar refractivity (Wildman–Crippen MR) is 146 cm³/mol. The van der Waals surface area contributed by atoms with Gasteiger partial charge < -0.3 is 14.5 Å². The van der Waals surface area contributed by atoms with Gasteiger partial charge in [0.05, 0.1) is 11.5 Å². The molecule has 3 heterocycles. The number of fused-ring (bicyclic) bond motifs is 1. The standard InChI is InChI=1S/C31H33F3N4O4/c32-31(33,34)42-23-10-8-22(9-11-23)30(20-35)14-17-37(18-15-30)16-3-1-2-5-21-6-4-7-24-25(21)19-38(29(24)41)26-12-13-27(39)36-28(26)40/h4,6-11,26H,1-3,5,12-19H2,(H,36,39,40). The summed E-state index contributed by atoms with van der Waals surface area (Å²) in [5.74, 6) is -1.17. The van der Waals surface area contributed by atoms with E-state index >= 15 is 0 Å². The number of carbonyl (C=O) groups is 3. The second-order valence-electron chi connectivity index (χ2n) is 11.3. The summed E-state index contributed by atoms with van der Waals surface area (Å²) in [6, 6.07) is 13.1. The molecule has 0 bridgehead atoms. The van der Waals surface area contributed by atoms with Crippen molar-refractivity contribution in [1.82, 2.24) is 15.1 Å². The molecular formula is C31H33F3N4O4. The molecule has 1 unspecified atom stereocenters. The molecule has 0 aliphatic carbocycles. The molecule has 2 aromatic carbocycles. The van der Waals surface area contributed by atoms with Crippen molar-refractivity contribution >= 4 is 17.7 Å². The van der Waals surface area contributed by atoms with Gasteiger partial charge in [-0.2, -0.15) is 5.26 Å². The van der Waals surface area contributed by atoms with E-state index in [0.29, 0.717) is 36.9 Å². The largest absolute Gasteiger partial charge is 0.573 e. The molecule has 2 aromatic rings. The molecule has 0 spiro atoms. The first-order valence-electron chi connectivity index (χ1n) is 14.3. The molecule has 222 valence electrons. The SMILES string of the molecule is N#CC1(c2ccc(OC(F)(F)F)cc2)CCN(CCCCCc2cccc3c2CN(C2CCC(=O)NC2=O)C3=O)CC1. The third-order valence-corrected chi connectivity index (χ3v) is 8.66. The Bertz CT molecular complexity index is 1380. The Balaban J connectivity index is 1.07. The van der Waals surface area contributed by atoms with Crippen LogP contribution in [0.3, 0.4) is 0 Å². The lowest BCUT2D eigenvalue weighted by molar-refractivity contribution is -0.274. The van der Waals surface area contributed by atoms with Crippen LogP contribution in [-0.4, -0.2) is 59.6 Å². The number of hydrogen-bond donors (Lipinski definition) is 1. The first-order valence-corrected chi connectivity index (χ1v) is 14.3. The number of aryl methyl sites for hydroxylation is 1. The minimum atomic E-state index is -4.75. The Morgan fingerprint density at radius 1 is 1.02 bits per heavy atom. The zero-order valence-corrected chi connectivity index (χ0v) is 23.2. The van der Waals surface area contributed by atoms with Crippen LogP contribution in [0, 0.1) is 11.3 Å². The van der Waals surface area contributed by atoms with Crippen LogP contribution in [-0.2, 0) is 28.0 Å². The van der Waals surface area contributed by atoms with Crippen LogP contribution >= 0.6 is 0 Å². The number of rotatable bonds is 9. The zero-order chi connectivity index (χ0) is 29.9. The summed E-state index contributed by atoms with van der Waals surface area (Å²) < 4.78 is 41.4. The molecule has 3 aliphatic rings. The fraction of sp³-hybridized carbons (Fsp3) is 0.484. The van der Waals surface area contributed by atoms with Gasteiger partial charge in [-0.3, -0.25) is 19.7 Å². The molecule has 1 atom stereocenters. The van der Waals surface area contributed by atoms with E-state index in [-0.39, 0.29) is 24.0 Å². The van der Waals surface area contributed by atoms with Gasteiger partial charge in [-0.1, -0.05) is 30.7 Å². The van der Waals surface area contributed by atoms with Gasteiger partial charge in [0.15, 0.2) is 0 Å². The van der Waals surface area contributed by atoms with E-state index in [4.69, 9.17) is 0 Å². The molecule has 3 amide bonds. The highest BCUT2D eigenvalue weighted by Crippen LogP contribution is 2.36. The first kappa shape index (κ1) is 29.6. The molecule has 1 N–H and O–H groups in total. The number of imide groups is 1. The average Bonchev–Trinajstić information content (AvgIpc) is 3.29. The normalized spacial score (nSPS) is 20.7. The Hall–Kier alpha value is -3.91. The summed E-state index contributed by atoms with van der Waals surface area (Å²) in [5.41, 5.74) is 2.70. The minimum Gasteiger partial charge on any atom is -0.406 e. The summed E-state index contributed by atoms with van der Waals surface area (Å²) >= 11 is 0. The lowest BCUT2D eigenvalue weighted by Gasteiger charge is -2.37. The number of nitrogens with one attached hydrogen (secondary N) is 1. The fourth-order valence-corrected chi connectivity index (χ4v) is 6.31. The van der Waals surface area contributed by atoms with E-state index in [1.165, 1.54) is 12.1 Å². The molecule has 11 heteroatoms. The Morgan fingerprint density at radius 3 is 2.43 bits per heavy atom. The smallest absolute Gasteiger partial charge is 0.406 e. The van der Waals surface area contributed by atoms with Gasteiger partial charge in [-0.05, 0) is 93.0 Å². The number of piperidine rings is 2. The molecule has 2 fully saturated rings. The van der Waals surface area contributed by atoms with Crippen molar-refractivity contribution in [1.29, 1.82) is 5.26 Å². The van der Waals surface area contributed by atoms with Crippen LogP contribution in [0.4, 0.5) is 13.2 Å². The number of hydrogen-bond acceptors (Lipinski definition) is 6. The van der Waals surface area contributed by atoms with E-state index in [2.05, 4.69) is 21.0 Å². The Morgan fingerprint density at radius 2 is 1.76 bits per heavy atom. The lowest BCUT2D eigenvalue weighted by atomic mass is 9.74. The Labute approximate surface area is 242 Å². The highest BCUT2D eigenvalue weighted by Gasteiger charge is 2.40. The van der Waals surface area contributed by atoms with Crippen LogP contribution in [0.15, 0.2) is 42.5 Å². The topological polar surface area (TPSA) is 103 Å². The quantitative estimate of drug-likeness (QED) is 0.342. The van der Waals surface area contributed by atoms with Crippen LogP contribution in [0.25, 0.3) is 0 Å². The van der Waals surface area contributed by atoms with E-state index < -0.39 is 23.7 Å². The number of likely N-dealkylation sites (tertiary alicyclic amines) is 1. The van der Waals surface area contributed by atoms with Crippen LogP contribution < -0.4 is 10.1 Å². The van der Waals surface area contributed by atoms with Crippen molar-refractivity contribution in [2.75, 3.05) is 19.6 Å². The van der Waals surface area contributed by atoms with Crippen molar-refractivity contribution < 1.29 is 32.3 Å². The van der Waals surface area contributed by atoms with Gasteiger partial charge in [0.2, 0.25) is 11.8 Å². The molecule has 8 nitrogen and oxygen atoms in total. The van der Waals surface area contributed by atoms with Crippen molar-refractivity contribution in [2.24, 2.45) is 0 Å². The molecule has 3 aliphatic heterocycles. The number of ether oxygens (including phenoxy) is 1. The minimum absolute atomic E-state index is 0.162. The van der Waals surface area contributed by atoms with Crippen molar-refractivity contribution in [2.45, 2.75) is 75.7 Å². The Kier molecular flexibility index (Phi) is 8.55. The second kappa shape index (κ2) is 12.1. The van der Waals surface area contributed by atoms with Gasteiger partial charge in [-0.25, -0.2) is 0 Å². The van der Waals surface area contributed by atoms with E-state index in [1.54, 1.807) is 23.1 Å². The maximum atomic E-state index is 13.0. The first-order chi connectivity index (χ1) is 20.1. The van der Waals surface area contributed by atoms with Crippen LogP contribution in [0.2, 0.25) is 0 Å². The number of carbonyl (C=O) groups excluding carboxylic acids is 3. The third kappa shape index (κ3) is 6.44. The van der Waals surface area contributed by atoms with E-state index in [9.17, 15) is 32.8 Å². The van der Waals surface area contributed by atoms with Crippen LogP contribution in [0.5, 0.6) is 5.75 Å². The fourth-order valence-electron chi connectivity index (χ4n) is 6.31. The summed E-state index contributed by atoms with van der Waals surface area (Å²) in [6.07, 6.45) is 0.790. The molecule has 0 saturated carbocycles. The van der Waals surface area contributed by atoms with E-state index in [0.717, 1.165) is 56.4 Å². The van der Waals surface area contributed by atoms with Crippen molar-refractivity contribution in [3.05, 3.63) is 64.7 Å². The number of nitriles is 1. The number of benzene rings is 2. The molecule has 5 rings (SSSR count). The number of alkyl halides is 3. The maximum absolute atomic E-state index is 13.0. The number of unbranched alkanes of at least 4 members (excludes halogenated alkanes) is 2. The molecule has 2 saturated heterocycles. The highest BCUT2D eigenvalue weighted by atomic mass is 19.4. The monoisotopic (exact) mass is 582 g/mol. The molecular weight excluding hydrogens is 549 g/mol. The van der Waals surface area contributed by atoms with Gasteiger partial charge in [-0.15, -0.1) is 13.2 Å². The summed E-state index contributed by atoms with van der Waals surface area (Å²) in [4.78, 5) is 40.8. The third-order valence-electron chi connectivity index (χ3n) is 8.66. The van der Waals surface area contributed by atoms with Gasteiger partial charge in [0, 0.05) is 18.5 Å². The highest BCUT2D eigenvalue weighted by molar-refractivity contribution is 6.05. The van der Waals surface area contributed by atoms with Gasteiger partial charge in [0.25, 0.3) is 5.91 Å².